The lowest BCUT2D eigenvalue weighted by Gasteiger charge is -2.06. The zero-order valence-corrected chi connectivity index (χ0v) is 10.5. The summed E-state index contributed by atoms with van der Waals surface area (Å²) in [6.45, 7) is 0. The Morgan fingerprint density at radius 3 is 2.33 bits per heavy atom. The molecule has 0 radical (unpaired) electrons. The highest BCUT2D eigenvalue weighted by Gasteiger charge is 2.16. The van der Waals surface area contributed by atoms with Gasteiger partial charge in [-0.15, -0.1) is 0 Å². The highest BCUT2D eigenvalue weighted by Crippen LogP contribution is 2.23. The number of nitrogens with one attached hydrogen (secondary N) is 1. The molecule has 0 fully saturated rings. The van der Waals surface area contributed by atoms with E-state index in [0.29, 0.717) is 6.07 Å². The van der Waals surface area contributed by atoms with Gasteiger partial charge in [-0.05, 0) is 24.3 Å². The summed E-state index contributed by atoms with van der Waals surface area (Å²) in [5.74, 6) is -2.45. The second-order valence-electron chi connectivity index (χ2n) is 4.14. The number of benzene rings is 2. The third-order valence-corrected chi connectivity index (χ3v) is 2.61. The molecule has 1 amide bonds. The smallest absolute Gasteiger partial charge is 0.292 e. The molecule has 6 nitrogen and oxygen atoms in total. The van der Waals surface area contributed by atoms with Crippen LogP contribution in [0.25, 0.3) is 0 Å². The molecule has 8 heteroatoms. The fourth-order valence-electron chi connectivity index (χ4n) is 1.67. The molecule has 0 saturated carbocycles. The van der Waals surface area contributed by atoms with Crippen molar-refractivity contribution in [2.45, 2.75) is 0 Å². The minimum Gasteiger partial charge on any atom is -0.393 e. The number of nitrogen functional groups attached to an aromatic ring is 1. The summed E-state index contributed by atoms with van der Waals surface area (Å²) >= 11 is 0. The standard InChI is InChI=1S/C13H9F2N3O3/c14-8-4-9(15)6-10(5-8)17-13(19)7-1-2-11(16)12(3-7)18(20)21/h1-6H,16H2,(H,17,19). The number of halogens is 2. The van der Waals surface area contributed by atoms with E-state index in [1.165, 1.54) is 12.1 Å². The largest absolute Gasteiger partial charge is 0.393 e. The SMILES string of the molecule is Nc1ccc(C(=O)Nc2cc(F)cc(F)c2)cc1[N+](=O)[O-]. The number of nitro groups is 1. The average molecular weight is 293 g/mol. The minimum atomic E-state index is -0.853. The van der Waals surface area contributed by atoms with Gasteiger partial charge in [-0.25, -0.2) is 8.78 Å². The van der Waals surface area contributed by atoms with E-state index in [2.05, 4.69) is 5.32 Å². The Morgan fingerprint density at radius 2 is 1.76 bits per heavy atom. The maximum atomic E-state index is 13.0. The lowest BCUT2D eigenvalue weighted by atomic mass is 10.1. The third-order valence-electron chi connectivity index (χ3n) is 2.61. The quantitative estimate of drug-likeness (QED) is 0.516. The van der Waals surface area contributed by atoms with Crippen LogP contribution in [0.1, 0.15) is 10.4 Å². The zero-order valence-electron chi connectivity index (χ0n) is 10.5. The molecule has 0 heterocycles. The van der Waals surface area contributed by atoms with Gasteiger partial charge in [0, 0.05) is 23.4 Å². The van der Waals surface area contributed by atoms with Crippen molar-refractivity contribution in [3.8, 4) is 0 Å². The minimum absolute atomic E-state index is 0.0550. The van der Waals surface area contributed by atoms with Crippen molar-refractivity contribution >= 4 is 23.0 Å². The highest BCUT2D eigenvalue weighted by molar-refractivity contribution is 6.05. The van der Waals surface area contributed by atoms with Gasteiger partial charge in [-0.3, -0.25) is 14.9 Å². The molecule has 21 heavy (non-hydrogen) atoms. The summed E-state index contributed by atoms with van der Waals surface area (Å²) in [6, 6.07) is 5.97. The summed E-state index contributed by atoms with van der Waals surface area (Å²) in [7, 11) is 0. The maximum absolute atomic E-state index is 13.0. The molecule has 2 aromatic rings. The fourth-order valence-corrected chi connectivity index (χ4v) is 1.67. The molecular formula is C13H9F2N3O3. The van der Waals surface area contributed by atoms with Crippen LogP contribution in [0.3, 0.4) is 0 Å². The second kappa shape index (κ2) is 5.53. The number of carbonyl (C=O) groups is 1. The first-order valence-corrected chi connectivity index (χ1v) is 5.68. The molecule has 108 valence electrons. The Kier molecular flexibility index (Phi) is 3.79. The van der Waals surface area contributed by atoms with Crippen molar-refractivity contribution in [2.24, 2.45) is 0 Å². The van der Waals surface area contributed by atoms with Crippen molar-refractivity contribution in [2.75, 3.05) is 11.1 Å². The van der Waals surface area contributed by atoms with Crippen LogP contribution < -0.4 is 11.1 Å². The lowest BCUT2D eigenvalue weighted by Crippen LogP contribution is -2.13. The Balaban J connectivity index is 2.28. The Hall–Kier alpha value is -3.03. The van der Waals surface area contributed by atoms with E-state index >= 15 is 0 Å². The highest BCUT2D eigenvalue weighted by atomic mass is 19.1. The van der Waals surface area contributed by atoms with Crippen molar-refractivity contribution in [3.63, 3.8) is 0 Å². The normalized spacial score (nSPS) is 10.2. The summed E-state index contributed by atoms with van der Waals surface area (Å²) < 4.78 is 26.0. The molecule has 0 atom stereocenters. The first kappa shape index (κ1) is 14.4. The van der Waals surface area contributed by atoms with E-state index in [-0.39, 0.29) is 16.9 Å². The number of amides is 1. The van der Waals surface area contributed by atoms with Crippen LogP contribution >= 0.6 is 0 Å². The van der Waals surface area contributed by atoms with Crippen LogP contribution in [0.5, 0.6) is 0 Å². The van der Waals surface area contributed by atoms with Gasteiger partial charge >= 0.3 is 0 Å². The van der Waals surface area contributed by atoms with Crippen molar-refractivity contribution in [1.82, 2.24) is 0 Å². The number of hydrogen-bond donors (Lipinski definition) is 2. The number of nitrogens with zero attached hydrogens (tertiary/aromatic N) is 1. The second-order valence-corrected chi connectivity index (χ2v) is 4.14. The predicted molar refractivity (Wildman–Crippen MR) is 71.8 cm³/mol. The van der Waals surface area contributed by atoms with Crippen molar-refractivity contribution < 1.29 is 18.5 Å². The molecule has 2 rings (SSSR count). The molecule has 2 aromatic carbocycles. The van der Waals surface area contributed by atoms with Gasteiger partial charge in [0.2, 0.25) is 0 Å². The van der Waals surface area contributed by atoms with Gasteiger partial charge < -0.3 is 11.1 Å². The van der Waals surface area contributed by atoms with E-state index in [1.54, 1.807) is 0 Å². The molecule has 3 N–H and O–H groups in total. The van der Waals surface area contributed by atoms with Crippen LogP contribution in [0.15, 0.2) is 36.4 Å². The van der Waals surface area contributed by atoms with E-state index < -0.39 is 28.2 Å². The van der Waals surface area contributed by atoms with Crippen LogP contribution in [-0.2, 0) is 0 Å². The predicted octanol–water partition coefficient (Wildman–Crippen LogP) is 2.71. The van der Waals surface area contributed by atoms with E-state index in [9.17, 15) is 23.7 Å². The summed E-state index contributed by atoms with van der Waals surface area (Å²) in [5, 5.41) is 13.0. The molecule has 0 aliphatic heterocycles. The number of rotatable bonds is 3. The number of hydrogen-bond acceptors (Lipinski definition) is 4. The summed E-state index contributed by atoms with van der Waals surface area (Å²) in [5.41, 5.74) is 4.74. The van der Waals surface area contributed by atoms with Gasteiger partial charge in [0.1, 0.15) is 17.3 Å². The molecule has 0 aromatic heterocycles. The van der Waals surface area contributed by atoms with Gasteiger partial charge in [0.25, 0.3) is 11.6 Å². The summed E-state index contributed by atoms with van der Waals surface area (Å²) in [4.78, 5) is 21.9. The van der Waals surface area contributed by atoms with Crippen LogP contribution in [0.2, 0.25) is 0 Å². The molecule has 0 aliphatic carbocycles. The van der Waals surface area contributed by atoms with Crippen LogP contribution in [-0.4, -0.2) is 10.8 Å². The van der Waals surface area contributed by atoms with Gasteiger partial charge in [0.15, 0.2) is 0 Å². The number of nitro benzene ring substituents is 1. The molecule has 0 aliphatic rings. The van der Waals surface area contributed by atoms with Crippen molar-refractivity contribution in [3.05, 3.63) is 63.7 Å². The summed E-state index contributed by atoms with van der Waals surface area (Å²) in [6.07, 6.45) is 0. The number of carbonyl (C=O) groups excluding carboxylic acids is 1. The number of nitrogens with two attached hydrogens (primary N) is 1. The molecular weight excluding hydrogens is 284 g/mol. The first-order valence-electron chi connectivity index (χ1n) is 5.68. The molecule has 0 saturated heterocycles. The van der Waals surface area contributed by atoms with E-state index in [1.807, 2.05) is 0 Å². The van der Waals surface area contributed by atoms with E-state index in [4.69, 9.17) is 5.73 Å². The van der Waals surface area contributed by atoms with Gasteiger partial charge in [-0.2, -0.15) is 0 Å². The topological polar surface area (TPSA) is 98.3 Å². The van der Waals surface area contributed by atoms with Gasteiger partial charge in [0.05, 0.1) is 4.92 Å². The Morgan fingerprint density at radius 1 is 1.14 bits per heavy atom. The molecule has 0 bridgehead atoms. The molecule has 0 unspecified atom stereocenters. The Labute approximate surface area is 117 Å². The first-order chi connectivity index (χ1) is 9.86. The fraction of sp³-hybridized carbons (Fsp3) is 0. The zero-order chi connectivity index (χ0) is 15.6. The molecule has 0 spiro atoms. The van der Waals surface area contributed by atoms with Gasteiger partial charge in [-0.1, -0.05) is 0 Å². The van der Waals surface area contributed by atoms with Crippen LogP contribution in [0.4, 0.5) is 25.8 Å². The maximum Gasteiger partial charge on any atom is 0.292 e. The monoisotopic (exact) mass is 293 g/mol. The van der Waals surface area contributed by atoms with Crippen LogP contribution in [0, 0.1) is 21.7 Å². The third kappa shape index (κ3) is 3.30. The van der Waals surface area contributed by atoms with E-state index in [0.717, 1.165) is 18.2 Å². The van der Waals surface area contributed by atoms with Crippen molar-refractivity contribution in [1.29, 1.82) is 0 Å². The lowest BCUT2D eigenvalue weighted by molar-refractivity contribution is -0.383. The number of anilines is 2. The Bertz CT molecular complexity index is 714. The average Bonchev–Trinajstić information content (AvgIpc) is 2.37.